The number of esters is 1. The number of rotatable bonds is 10. The summed E-state index contributed by atoms with van der Waals surface area (Å²) in [6, 6.07) is 1.61. The third-order valence-corrected chi connectivity index (χ3v) is 5.27. The molecule has 0 saturated carbocycles. The first kappa shape index (κ1) is 23.6. The van der Waals surface area contributed by atoms with Crippen LogP contribution in [0.5, 0.6) is 17.2 Å². The maximum atomic E-state index is 11.9. The zero-order valence-electron chi connectivity index (χ0n) is 18.6. The fourth-order valence-corrected chi connectivity index (χ4v) is 3.71. The summed E-state index contributed by atoms with van der Waals surface area (Å²) in [6.07, 6.45) is 7.28. The van der Waals surface area contributed by atoms with Gasteiger partial charge in [-0.2, -0.15) is 0 Å². The van der Waals surface area contributed by atoms with Crippen molar-refractivity contribution in [1.82, 2.24) is 0 Å². The van der Waals surface area contributed by atoms with Crippen molar-refractivity contribution < 1.29 is 24.5 Å². The lowest BCUT2D eigenvalue weighted by atomic mass is 9.84. The van der Waals surface area contributed by atoms with Crippen LogP contribution in [-0.4, -0.2) is 29.4 Å². The number of benzene rings is 1. The number of carbonyl (C=O) groups is 1. The fourth-order valence-electron chi connectivity index (χ4n) is 3.71. The Kier molecular flexibility index (Phi) is 8.58. The quantitative estimate of drug-likeness (QED) is 0.286. The Morgan fingerprint density at radius 2 is 1.93 bits per heavy atom. The van der Waals surface area contributed by atoms with Gasteiger partial charge >= 0.3 is 5.97 Å². The van der Waals surface area contributed by atoms with E-state index in [4.69, 9.17) is 9.47 Å². The van der Waals surface area contributed by atoms with E-state index in [1.807, 2.05) is 19.9 Å². The number of allylic oxidation sites excluding steroid dienone is 5. The standard InChI is InChI=1S/C25H34O5/c1-6-8-9-10-18-14-21(26)23(20-13-17(5)11-12-19(20)16(3)4)25(24(18)28)30-15-22(27)29-7-2/h13-14,26,28H,3,6-12,15H2,1-2,4-5H3. The van der Waals surface area contributed by atoms with Crippen LogP contribution >= 0.6 is 0 Å². The minimum absolute atomic E-state index is 0.0258. The number of ether oxygens (including phenoxy) is 2. The van der Waals surface area contributed by atoms with E-state index >= 15 is 0 Å². The average molecular weight is 415 g/mol. The van der Waals surface area contributed by atoms with Crippen LogP contribution in [0.3, 0.4) is 0 Å². The van der Waals surface area contributed by atoms with Crippen LogP contribution in [0.4, 0.5) is 0 Å². The molecule has 0 heterocycles. The number of aryl methyl sites for hydroxylation is 1. The van der Waals surface area contributed by atoms with E-state index in [-0.39, 0.29) is 30.5 Å². The van der Waals surface area contributed by atoms with Gasteiger partial charge in [0.15, 0.2) is 18.1 Å². The first-order valence-electron chi connectivity index (χ1n) is 10.7. The van der Waals surface area contributed by atoms with E-state index in [1.165, 1.54) is 0 Å². The lowest BCUT2D eigenvalue weighted by Crippen LogP contribution is -2.15. The van der Waals surface area contributed by atoms with E-state index in [0.29, 0.717) is 17.5 Å². The molecular weight excluding hydrogens is 380 g/mol. The predicted octanol–water partition coefficient (Wildman–Crippen LogP) is 5.84. The SMILES string of the molecule is C=C(C)C1=C(c2c(O)cc(CCCCC)c(O)c2OCC(=O)OCC)C=C(C)CC1. The van der Waals surface area contributed by atoms with E-state index in [2.05, 4.69) is 13.5 Å². The molecule has 0 fully saturated rings. The minimum atomic E-state index is -0.525. The molecule has 1 aliphatic carbocycles. The van der Waals surface area contributed by atoms with Gasteiger partial charge < -0.3 is 19.7 Å². The molecule has 0 bridgehead atoms. The second-order valence-corrected chi connectivity index (χ2v) is 7.82. The van der Waals surface area contributed by atoms with Crippen LogP contribution in [0.15, 0.2) is 35.4 Å². The highest BCUT2D eigenvalue weighted by Gasteiger charge is 2.25. The van der Waals surface area contributed by atoms with Crippen LogP contribution in [0.25, 0.3) is 5.57 Å². The van der Waals surface area contributed by atoms with E-state index in [1.54, 1.807) is 13.0 Å². The summed E-state index contributed by atoms with van der Waals surface area (Å²) >= 11 is 0. The van der Waals surface area contributed by atoms with Crippen molar-refractivity contribution in [2.75, 3.05) is 13.2 Å². The number of hydrogen-bond acceptors (Lipinski definition) is 5. The van der Waals surface area contributed by atoms with Gasteiger partial charge in [0.2, 0.25) is 0 Å². The summed E-state index contributed by atoms with van der Waals surface area (Å²) in [6.45, 7) is 11.8. The fraction of sp³-hybridized carbons (Fsp3) is 0.480. The molecule has 1 aliphatic rings. The van der Waals surface area contributed by atoms with Gasteiger partial charge in [-0.05, 0) is 63.7 Å². The first-order valence-corrected chi connectivity index (χ1v) is 10.7. The van der Waals surface area contributed by atoms with Gasteiger partial charge in [0.1, 0.15) is 5.75 Å². The normalized spacial score (nSPS) is 13.8. The van der Waals surface area contributed by atoms with Gasteiger partial charge in [-0.1, -0.05) is 43.6 Å². The molecule has 1 aromatic rings. The highest BCUT2D eigenvalue weighted by molar-refractivity contribution is 5.88. The van der Waals surface area contributed by atoms with Gasteiger partial charge in [-0.3, -0.25) is 0 Å². The van der Waals surface area contributed by atoms with Gasteiger partial charge in [-0.15, -0.1) is 0 Å². The number of hydrogen-bond donors (Lipinski definition) is 2. The van der Waals surface area contributed by atoms with Crippen molar-refractivity contribution in [2.24, 2.45) is 0 Å². The van der Waals surface area contributed by atoms with E-state index in [9.17, 15) is 15.0 Å². The Morgan fingerprint density at radius 3 is 2.57 bits per heavy atom. The first-order chi connectivity index (χ1) is 14.3. The second-order valence-electron chi connectivity index (χ2n) is 7.82. The Bertz CT molecular complexity index is 861. The maximum absolute atomic E-state index is 11.9. The zero-order valence-corrected chi connectivity index (χ0v) is 18.6. The third kappa shape index (κ3) is 5.68. The molecule has 0 saturated heterocycles. The van der Waals surface area contributed by atoms with Gasteiger partial charge in [0.25, 0.3) is 0 Å². The lowest BCUT2D eigenvalue weighted by molar-refractivity contribution is -0.145. The Hall–Kier alpha value is -2.69. The van der Waals surface area contributed by atoms with Crippen molar-refractivity contribution in [3.8, 4) is 17.2 Å². The number of phenolic OH excluding ortho intramolecular Hbond substituents is 2. The van der Waals surface area contributed by atoms with Gasteiger partial charge in [0, 0.05) is 5.56 Å². The summed E-state index contributed by atoms with van der Waals surface area (Å²) in [7, 11) is 0. The predicted molar refractivity (Wildman–Crippen MR) is 120 cm³/mol. The summed E-state index contributed by atoms with van der Waals surface area (Å²) in [5, 5.41) is 22.0. The minimum Gasteiger partial charge on any atom is -0.507 e. The molecule has 30 heavy (non-hydrogen) atoms. The number of phenols is 2. The monoisotopic (exact) mass is 414 g/mol. The van der Waals surface area contributed by atoms with E-state index in [0.717, 1.165) is 54.4 Å². The summed E-state index contributed by atoms with van der Waals surface area (Å²) in [5.41, 5.74) is 4.85. The smallest absolute Gasteiger partial charge is 0.344 e. The number of carbonyl (C=O) groups excluding carboxylic acids is 1. The molecule has 0 aromatic heterocycles. The molecule has 5 nitrogen and oxygen atoms in total. The maximum Gasteiger partial charge on any atom is 0.344 e. The molecule has 0 aliphatic heterocycles. The van der Waals surface area contributed by atoms with Crippen molar-refractivity contribution in [3.63, 3.8) is 0 Å². The molecule has 0 amide bonds. The molecule has 0 radical (unpaired) electrons. The highest BCUT2D eigenvalue weighted by atomic mass is 16.6. The van der Waals surface area contributed by atoms with Crippen molar-refractivity contribution in [2.45, 2.75) is 66.2 Å². The topological polar surface area (TPSA) is 76.0 Å². The van der Waals surface area contributed by atoms with Crippen LogP contribution in [0.2, 0.25) is 0 Å². The zero-order chi connectivity index (χ0) is 22.3. The molecule has 0 atom stereocenters. The van der Waals surface area contributed by atoms with Crippen molar-refractivity contribution in [1.29, 1.82) is 0 Å². The van der Waals surface area contributed by atoms with Crippen LogP contribution in [0, 0.1) is 0 Å². The van der Waals surface area contributed by atoms with Gasteiger partial charge in [0.05, 0.1) is 12.2 Å². The summed E-state index contributed by atoms with van der Waals surface area (Å²) < 4.78 is 10.7. The Labute approximate surface area is 179 Å². The van der Waals surface area contributed by atoms with E-state index < -0.39 is 5.97 Å². The molecule has 0 spiro atoms. The summed E-state index contributed by atoms with van der Waals surface area (Å²) in [5.74, 6) is -0.413. The molecule has 164 valence electrons. The van der Waals surface area contributed by atoms with Crippen LogP contribution in [0.1, 0.15) is 70.9 Å². The van der Waals surface area contributed by atoms with Crippen LogP contribution in [-0.2, 0) is 16.0 Å². The third-order valence-electron chi connectivity index (χ3n) is 5.27. The van der Waals surface area contributed by atoms with Crippen molar-refractivity contribution in [3.05, 3.63) is 46.6 Å². The largest absolute Gasteiger partial charge is 0.507 e. The number of aromatic hydroxyl groups is 2. The molecular formula is C25H34O5. The number of unbranched alkanes of at least 4 members (excludes halogenated alkanes) is 2. The Balaban J connectivity index is 2.61. The molecule has 2 N–H and O–H groups in total. The average Bonchev–Trinajstić information content (AvgIpc) is 2.69. The second kappa shape index (κ2) is 10.9. The molecule has 5 heteroatoms. The summed E-state index contributed by atoms with van der Waals surface area (Å²) in [4.78, 5) is 11.9. The highest BCUT2D eigenvalue weighted by Crippen LogP contribution is 2.47. The Morgan fingerprint density at radius 1 is 1.20 bits per heavy atom. The molecule has 0 unspecified atom stereocenters. The molecule has 1 aromatic carbocycles. The van der Waals surface area contributed by atoms with Gasteiger partial charge in [-0.25, -0.2) is 4.79 Å². The molecule has 2 rings (SSSR count). The van der Waals surface area contributed by atoms with Crippen LogP contribution < -0.4 is 4.74 Å². The lowest BCUT2D eigenvalue weighted by Gasteiger charge is -2.23. The van der Waals surface area contributed by atoms with Crippen molar-refractivity contribution >= 4 is 11.5 Å².